The van der Waals surface area contributed by atoms with E-state index in [9.17, 15) is 33.4 Å². The number of hydrogen-bond donors (Lipinski definition) is 4. The fourth-order valence-electron chi connectivity index (χ4n) is 3.12. The van der Waals surface area contributed by atoms with Gasteiger partial charge >= 0.3 is 11.2 Å². The molecule has 0 radical (unpaired) electrons. The van der Waals surface area contributed by atoms with Gasteiger partial charge in [0.15, 0.2) is 23.0 Å². The molecule has 0 unspecified atom stereocenters. The maximum atomic E-state index is 11.8. The maximum absolute atomic E-state index is 11.8. The highest BCUT2D eigenvalue weighted by molar-refractivity contribution is 7.85. The highest BCUT2D eigenvalue weighted by Crippen LogP contribution is 2.44. The van der Waals surface area contributed by atoms with Gasteiger partial charge in [-0.2, -0.15) is 0 Å². The molecule has 4 N–H and O–H groups in total. The lowest BCUT2D eigenvalue weighted by atomic mass is 9.96. The second-order valence-corrected chi connectivity index (χ2v) is 7.45. The molecular weight excluding hydrogens is 388 g/mol. The van der Waals surface area contributed by atoms with Crippen LogP contribution in [0.5, 0.6) is 23.0 Å². The van der Waals surface area contributed by atoms with Gasteiger partial charge in [0, 0.05) is 23.3 Å². The molecule has 0 aliphatic rings. The van der Waals surface area contributed by atoms with Crippen LogP contribution in [0.1, 0.15) is 0 Å². The van der Waals surface area contributed by atoms with E-state index in [0.717, 1.165) is 30.3 Å². The highest BCUT2D eigenvalue weighted by Gasteiger charge is 2.26. The van der Waals surface area contributed by atoms with Crippen molar-refractivity contribution in [1.29, 1.82) is 0 Å². The summed E-state index contributed by atoms with van der Waals surface area (Å²) in [6, 6.07) is 9.98. The molecule has 1 aromatic heterocycles. The molecule has 142 valence electrons. The van der Waals surface area contributed by atoms with Crippen molar-refractivity contribution in [2.24, 2.45) is 0 Å². The Labute approximate surface area is 157 Å². The molecule has 0 spiro atoms. The summed E-state index contributed by atoms with van der Waals surface area (Å²) in [6.07, 6.45) is 0. The van der Waals surface area contributed by atoms with Gasteiger partial charge in [-0.1, -0.05) is 18.2 Å². The Morgan fingerprint density at radius 3 is 1.71 bits per heavy atom. The van der Waals surface area contributed by atoms with Gasteiger partial charge in [0.05, 0.1) is 27.8 Å². The Balaban J connectivity index is 2.29. The summed E-state index contributed by atoms with van der Waals surface area (Å²) in [4.78, 5) is -0.510. The largest absolute Gasteiger partial charge is 0.744 e. The molecule has 0 saturated carbocycles. The normalized spacial score (nSPS) is 11.9. The minimum atomic E-state index is -4.86. The third-order valence-corrected chi connectivity index (χ3v) is 5.23. The van der Waals surface area contributed by atoms with Crippen LogP contribution >= 0.6 is 0 Å². The van der Waals surface area contributed by atoms with Crippen LogP contribution in [0.2, 0.25) is 0 Å². The quantitative estimate of drug-likeness (QED) is 0.173. The lowest BCUT2D eigenvalue weighted by Crippen LogP contribution is -2.01. The third-order valence-electron chi connectivity index (χ3n) is 4.34. The van der Waals surface area contributed by atoms with Crippen molar-refractivity contribution >= 4 is 32.1 Å². The molecule has 28 heavy (non-hydrogen) atoms. The predicted octanol–water partition coefficient (Wildman–Crippen LogP) is 3.26. The fraction of sp³-hybridized carbons (Fsp3) is 0. The lowest BCUT2D eigenvalue weighted by Gasteiger charge is -2.14. The van der Waals surface area contributed by atoms with Gasteiger partial charge in [-0.05, 0) is 6.07 Å². The summed E-state index contributed by atoms with van der Waals surface area (Å²) in [5.41, 5.74) is 0.289. The average molecular weight is 400 g/mol. The van der Waals surface area contributed by atoms with E-state index in [1.54, 1.807) is 0 Å². The van der Waals surface area contributed by atoms with Crippen molar-refractivity contribution in [2.45, 2.75) is 4.90 Å². The first-order valence-electron chi connectivity index (χ1n) is 7.89. The van der Waals surface area contributed by atoms with Crippen LogP contribution in [0.3, 0.4) is 0 Å². The van der Waals surface area contributed by atoms with Crippen LogP contribution in [0, 0.1) is 0 Å². The first kappa shape index (κ1) is 17.8. The number of benzene rings is 3. The van der Waals surface area contributed by atoms with Crippen molar-refractivity contribution in [2.75, 3.05) is 0 Å². The maximum Gasteiger partial charge on any atom is 0.365 e. The molecule has 8 nitrogen and oxygen atoms in total. The summed E-state index contributed by atoms with van der Waals surface area (Å²) in [5, 5.41) is 39.8. The van der Waals surface area contributed by atoms with Crippen molar-refractivity contribution < 1.29 is 37.8 Å². The zero-order valence-electron chi connectivity index (χ0n) is 13.9. The van der Waals surface area contributed by atoms with Gasteiger partial charge in [-0.25, -0.2) is 12.8 Å². The average Bonchev–Trinajstić information content (AvgIpc) is 2.62. The molecule has 3 aromatic carbocycles. The van der Waals surface area contributed by atoms with Crippen molar-refractivity contribution in [1.82, 2.24) is 0 Å². The summed E-state index contributed by atoms with van der Waals surface area (Å²) in [6.45, 7) is 0. The summed E-state index contributed by atoms with van der Waals surface area (Å²) < 4.78 is 41.0. The standard InChI is InChI=1S/C19H12O8S/c20-12-5-10-16(7-14(12)22)27-17-8-15(23)13(21)6-11(17)19(10)9-3-1-2-4-18(9)28(24,25)26/h1-8H,(H4-,20,21,22,23,24,25,26). The van der Waals surface area contributed by atoms with Gasteiger partial charge in [-0.3, -0.25) is 0 Å². The van der Waals surface area contributed by atoms with Crippen molar-refractivity contribution in [3.63, 3.8) is 0 Å². The third kappa shape index (κ3) is 2.73. The van der Waals surface area contributed by atoms with Gasteiger partial charge in [-0.15, -0.1) is 0 Å². The van der Waals surface area contributed by atoms with Crippen molar-refractivity contribution in [3.05, 3.63) is 48.5 Å². The van der Waals surface area contributed by atoms with E-state index in [1.807, 2.05) is 0 Å². The zero-order valence-corrected chi connectivity index (χ0v) is 14.8. The Morgan fingerprint density at radius 2 is 1.21 bits per heavy atom. The summed E-state index contributed by atoms with van der Waals surface area (Å²) >= 11 is 0. The number of rotatable bonds is 2. The summed E-state index contributed by atoms with van der Waals surface area (Å²) in [5.74, 6) is -1.94. The van der Waals surface area contributed by atoms with E-state index in [4.69, 9.17) is 4.42 Å². The molecule has 4 aromatic rings. The van der Waals surface area contributed by atoms with Gasteiger partial charge in [0.1, 0.15) is 10.1 Å². The Kier molecular flexibility index (Phi) is 3.81. The van der Waals surface area contributed by atoms with Gasteiger partial charge < -0.3 is 25.0 Å². The molecule has 0 saturated heterocycles. The first-order valence-corrected chi connectivity index (χ1v) is 9.30. The molecule has 0 atom stereocenters. The van der Waals surface area contributed by atoms with E-state index in [2.05, 4.69) is 0 Å². The predicted molar refractivity (Wildman–Crippen MR) is 98.2 cm³/mol. The smallest absolute Gasteiger partial charge is 0.365 e. The first-order chi connectivity index (χ1) is 13.2. The Morgan fingerprint density at radius 1 is 0.750 bits per heavy atom. The monoisotopic (exact) mass is 400 g/mol. The minimum absolute atomic E-state index is 0.0125. The molecule has 0 fully saturated rings. The molecule has 0 amide bonds. The van der Waals surface area contributed by atoms with Crippen LogP contribution in [0.25, 0.3) is 33.1 Å². The Bertz CT molecular complexity index is 1310. The molecule has 0 aliphatic heterocycles. The van der Waals surface area contributed by atoms with E-state index in [-0.39, 0.29) is 33.1 Å². The van der Waals surface area contributed by atoms with Crippen LogP contribution in [0.15, 0.2) is 57.8 Å². The molecule has 9 heteroatoms. The molecule has 0 aliphatic carbocycles. The highest BCUT2D eigenvalue weighted by atomic mass is 32.2. The van der Waals surface area contributed by atoms with E-state index in [1.165, 1.54) is 18.2 Å². The minimum Gasteiger partial charge on any atom is -0.744 e. The van der Waals surface area contributed by atoms with E-state index >= 15 is 0 Å². The SMILES string of the molecule is O=S(=O)([O-])c1ccccc1-c1c2cc(O)c(O)cc2[o+]c2cc(O)c(O)cc12. The topological polar surface area (TPSA) is 149 Å². The number of aromatic hydroxyl groups is 4. The second kappa shape index (κ2) is 5.98. The lowest BCUT2D eigenvalue weighted by molar-refractivity contribution is 0.403. The van der Waals surface area contributed by atoms with Crippen LogP contribution < -0.4 is 0 Å². The zero-order chi connectivity index (χ0) is 20.2. The number of phenolic OH excluding ortho intramolecular Hbond substituents is 4. The molecule has 1 heterocycles. The number of phenols is 4. The fourth-order valence-corrected chi connectivity index (χ4v) is 3.80. The van der Waals surface area contributed by atoms with Crippen LogP contribution in [-0.4, -0.2) is 33.4 Å². The van der Waals surface area contributed by atoms with Crippen LogP contribution in [-0.2, 0) is 10.1 Å². The summed E-state index contributed by atoms with van der Waals surface area (Å²) in [7, 11) is -4.86. The number of fused-ring (bicyclic) bond motifs is 2. The van der Waals surface area contributed by atoms with Crippen LogP contribution in [0.4, 0.5) is 0 Å². The molecular formula is C19H12O8S. The van der Waals surface area contributed by atoms with Gasteiger partial charge in [0.2, 0.25) is 0 Å². The van der Waals surface area contributed by atoms with Crippen molar-refractivity contribution in [3.8, 4) is 34.1 Å². The molecule has 4 rings (SSSR count). The second-order valence-electron chi connectivity index (χ2n) is 6.10. The Hall–Kier alpha value is -3.56. The molecule has 0 bridgehead atoms. The van der Waals surface area contributed by atoms with Gasteiger partial charge in [0.25, 0.3) is 0 Å². The van der Waals surface area contributed by atoms with E-state index in [0.29, 0.717) is 0 Å². The number of hydrogen-bond acceptors (Lipinski definition) is 7. The van der Waals surface area contributed by atoms with E-state index < -0.39 is 38.0 Å².